The van der Waals surface area contributed by atoms with Crippen molar-refractivity contribution >= 4 is 29.3 Å². The first-order chi connectivity index (χ1) is 9.99. The number of ether oxygens (including phenoxy) is 1. The van der Waals surface area contributed by atoms with E-state index in [2.05, 4.69) is 4.74 Å². The smallest absolute Gasteiger partial charge is 0.379 e. The highest BCUT2D eigenvalue weighted by molar-refractivity contribution is 8.02. The van der Waals surface area contributed by atoms with E-state index < -0.39 is 11.8 Å². The summed E-state index contributed by atoms with van der Waals surface area (Å²) in [4.78, 5) is 23.2. The van der Waals surface area contributed by atoms with E-state index in [0.717, 1.165) is 11.6 Å². The first-order valence-corrected chi connectivity index (χ1v) is 7.65. The highest BCUT2D eigenvalue weighted by Gasteiger charge is 2.11. The predicted molar refractivity (Wildman–Crippen MR) is 85.0 cm³/mol. The molecule has 0 amide bonds. The lowest BCUT2D eigenvalue weighted by atomic mass is 10.1. The number of hydrogen-bond acceptors (Lipinski definition) is 5. The second kappa shape index (κ2) is 8.32. The summed E-state index contributed by atoms with van der Waals surface area (Å²) in [6.07, 6.45) is 4.30. The normalized spacial score (nSPS) is 12.1. The summed E-state index contributed by atoms with van der Waals surface area (Å²) in [5.41, 5.74) is 1.74. The van der Waals surface area contributed by atoms with Gasteiger partial charge in [0.1, 0.15) is 5.76 Å². The molecule has 0 saturated carbocycles. The molecule has 0 aliphatic heterocycles. The van der Waals surface area contributed by atoms with Gasteiger partial charge in [-0.15, -0.1) is 11.8 Å². The second-order valence-electron chi connectivity index (χ2n) is 4.20. The SMILES string of the molecule is CCOC(=O)C(=O)/C=C/C(SC)=C(\O)c1ccc(C)cc1. The van der Waals surface area contributed by atoms with Gasteiger partial charge in [-0.3, -0.25) is 4.79 Å². The number of carbonyl (C=O) groups excluding carboxylic acids is 2. The highest BCUT2D eigenvalue weighted by Crippen LogP contribution is 2.24. The Labute approximate surface area is 128 Å². The van der Waals surface area contributed by atoms with Crippen LogP contribution in [0.25, 0.3) is 5.76 Å². The number of carbonyl (C=O) groups is 2. The third kappa shape index (κ3) is 5.11. The zero-order valence-corrected chi connectivity index (χ0v) is 13.1. The maximum atomic E-state index is 11.5. The van der Waals surface area contributed by atoms with E-state index in [1.54, 1.807) is 25.3 Å². The molecule has 0 bridgehead atoms. The van der Waals surface area contributed by atoms with E-state index in [4.69, 9.17) is 0 Å². The summed E-state index contributed by atoms with van der Waals surface area (Å²) in [5, 5.41) is 10.2. The first kappa shape index (κ1) is 17.0. The molecule has 0 aliphatic rings. The molecule has 0 atom stereocenters. The van der Waals surface area contributed by atoms with E-state index in [0.29, 0.717) is 10.5 Å². The quantitative estimate of drug-likeness (QED) is 0.287. The molecular formula is C16H18O4S. The van der Waals surface area contributed by atoms with Crippen molar-refractivity contribution in [1.82, 2.24) is 0 Å². The van der Waals surface area contributed by atoms with Gasteiger partial charge >= 0.3 is 5.97 Å². The summed E-state index contributed by atoms with van der Waals surface area (Å²) in [6, 6.07) is 7.36. The van der Waals surface area contributed by atoms with E-state index in [-0.39, 0.29) is 12.4 Å². The van der Waals surface area contributed by atoms with Crippen molar-refractivity contribution in [2.24, 2.45) is 0 Å². The Morgan fingerprint density at radius 1 is 1.24 bits per heavy atom. The van der Waals surface area contributed by atoms with Gasteiger partial charge in [-0.2, -0.15) is 0 Å². The van der Waals surface area contributed by atoms with Gasteiger partial charge < -0.3 is 9.84 Å². The zero-order chi connectivity index (χ0) is 15.8. The fourth-order valence-corrected chi connectivity index (χ4v) is 2.03. The van der Waals surface area contributed by atoms with Crippen molar-refractivity contribution in [3.63, 3.8) is 0 Å². The monoisotopic (exact) mass is 306 g/mol. The predicted octanol–water partition coefficient (Wildman–Crippen LogP) is 3.27. The van der Waals surface area contributed by atoms with Gasteiger partial charge in [0.05, 0.1) is 6.61 Å². The van der Waals surface area contributed by atoms with Crippen LogP contribution in [0.3, 0.4) is 0 Å². The Balaban J connectivity index is 2.95. The molecule has 1 aromatic rings. The van der Waals surface area contributed by atoms with Crippen molar-refractivity contribution in [2.75, 3.05) is 12.9 Å². The van der Waals surface area contributed by atoms with E-state index >= 15 is 0 Å². The molecule has 0 unspecified atom stereocenters. The van der Waals surface area contributed by atoms with Crippen molar-refractivity contribution in [2.45, 2.75) is 13.8 Å². The average Bonchev–Trinajstić information content (AvgIpc) is 2.48. The average molecular weight is 306 g/mol. The summed E-state index contributed by atoms with van der Waals surface area (Å²) < 4.78 is 4.60. The molecule has 0 radical (unpaired) electrons. The van der Waals surface area contributed by atoms with Crippen LogP contribution in [-0.2, 0) is 14.3 Å². The van der Waals surface area contributed by atoms with Crippen molar-refractivity contribution < 1.29 is 19.4 Å². The zero-order valence-electron chi connectivity index (χ0n) is 12.3. The summed E-state index contributed by atoms with van der Waals surface area (Å²) >= 11 is 1.28. The Morgan fingerprint density at radius 2 is 1.86 bits per heavy atom. The van der Waals surface area contributed by atoms with Gasteiger partial charge in [0.25, 0.3) is 5.78 Å². The molecule has 0 spiro atoms. The molecule has 0 fully saturated rings. The number of esters is 1. The van der Waals surface area contributed by atoms with Gasteiger partial charge in [0.15, 0.2) is 0 Å². The fourth-order valence-electron chi connectivity index (χ4n) is 1.52. The number of aryl methyl sites for hydroxylation is 1. The number of aliphatic hydroxyl groups excluding tert-OH is 1. The number of benzene rings is 1. The van der Waals surface area contributed by atoms with Gasteiger partial charge in [-0.25, -0.2) is 4.79 Å². The molecule has 1 aromatic carbocycles. The summed E-state index contributed by atoms with van der Waals surface area (Å²) in [5.74, 6) is -1.58. The minimum atomic E-state index is -0.899. The molecule has 0 aliphatic carbocycles. The van der Waals surface area contributed by atoms with Gasteiger partial charge in [0.2, 0.25) is 0 Å². The topological polar surface area (TPSA) is 63.6 Å². The molecule has 5 heteroatoms. The van der Waals surface area contributed by atoms with Crippen molar-refractivity contribution in [3.8, 4) is 0 Å². The van der Waals surface area contributed by atoms with Crippen molar-refractivity contribution in [1.29, 1.82) is 0 Å². The Kier molecular flexibility index (Phi) is 6.75. The molecule has 21 heavy (non-hydrogen) atoms. The van der Waals surface area contributed by atoms with Crippen LogP contribution < -0.4 is 0 Å². The van der Waals surface area contributed by atoms with Crippen LogP contribution in [-0.4, -0.2) is 29.7 Å². The lowest BCUT2D eigenvalue weighted by molar-refractivity contribution is -0.151. The maximum absolute atomic E-state index is 11.5. The highest BCUT2D eigenvalue weighted by atomic mass is 32.2. The molecule has 112 valence electrons. The minimum Gasteiger partial charge on any atom is -0.506 e. The van der Waals surface area contributed by atoms with E-state index in [1.807, 2.05) is 19.1 Å². The molecule has 0 saturated heterocycles. The second-order valence-corrected chi connectivity index (χ2v) is 5.05. The van der Waals surface area contributed by atoms with Gasteiger partial charge in [0, 0.05) is 10.5 Å². The Bertz CT molecular complexity index is 570. The lowest BCUT2D eigenvalue weighted by Gasteiger charge is -2.05. The molecule has 0 aromatic heterocycles. The molecular weight excluding hydrogens is 288 g/mol. The van der Waals surface area contributed by atoms with Crippen LogP contribution in [0.4, 0.5) is 0 Å². The van der Waals surface area contributed by atoms with Gasteiger partial charge in [-0.05, 0) is 32.3 Å². The number of allylic oxidation sites excluding steroid dienone is 1. The lowest BCUT2D eigenvalue weighted by Crippen LogP contribution is -2.14. The first-order valence-electron chi connectivity index (χ1n) is 6.43. The molecule has 4 nitrogen and oxygen atoms in total. The minimum absolute atomic E-state index is 0.0652. The van der Waals surface area contributed by atoms with Gasteiger partial charge in [-0.1, -0.05) is 29.8 Å². The van der Waals surface area contributed by atoms with Crippen LogP contribution in [0.15, 0.2) is 41.3 Å². The number of hydrogen-bond donors (Lipinski definition) is 1. The third-order valence-electron chi connectivity index (χ3n) is 2.64. The largest absolute Gasteiger partial charge is 0.506 e. The molecule has 0 heterocycles. The van der Waals surface area contributed by atoms with Crippen LogP contribution in [0, 0.1) is 6.92 Å². The van der Waals surface area contributed by atoms with Crippen LogP contribution in [0.2, 0.25) is 0 Å². The molecule has 1 rings (SSSR count). The van der Waals surface area contributed by atoms with E-state index in [9.17, 15) is 14.7 Å². The van der Waals surface area contributed by atoms with Crippen molar-refractivity contribution in [3.05, 3.63) is 52.4 Å². The summed E-state index contributed by atoms with van der Waals surface area (Å²) in [7, 11) is 0. The van der Waals surface area contributed by atoms with E-state index in [1.165, 1.54) is 17.8 Å². The van der Waals surface area contributed by atoms with Crippen LogP contribution in [0.5, 0.6) is 0 Å². The Morgan fingerprint density at radius 3 is 2.38 bits per heavy atom. The number of thioether (sulfide) groups is 1. The maximum Gasteiger partial charge on any atom is 0.379 e. The van der Waals surface area contributed by atoms with Crippen LogP contribution in [0.1, 0.15) is 18.1 Å². The third-order valence-corrected chi connectivity index (χ3v) is 3.41. The number of rotatable bonds is 6. The molecule has 1 N–H and O–H groups in total. The fraction of sp³-hybridized carbons (Fsp3) is 0.250. The Hall–Kier alpha value is -2.01. The number of ketones is 1. The standard InChI is InChI=1S/C16H18O4S/c1-4-20-16(19)13(17)9-10-14(21-3)15(18)12-7-5-11(2)6-8-12/h5-10,18H,4H2,1-3H3/b10-9+,15-14+. The number of aliphatic hydroxyl groups is 1. The summed E-state index contributed by atoms with van der Waals surface area (Å²) in [6.45, 7) is 3.74. The van der Waals surface area contributed by atoms with Crippen LogP contribution >= 0.6 is 11.8 Å².